The van der Waals surface area contributed by atoms with Crippen molar-refractivity contribution in [3.8, 4) is 0 Å². The first-order chi connectivity index (χ1) is 25.7. The van der Waals surface area contributed by atoms with Crippen molar-refractivity contribution in [2.24, 2.45) is 5.73 Å². The van der Waals surface area contributed by atoms with Gasteiger partial charge in [0.25, 0.3) is 0 Å². The Bertz CT molecular complexity index is 1030. The Morgan fingerprint density at radius 1 is 0.623 bits per heavy atom. The topological polar surface area (TPSA) is 155 Å². The minimum atomic E-state index is -4.61. The molecule has 10 nitrogen and oxygen atoms in total. The molecule has 0 spiro atoms. The number of rotatable bonds is 39. The average Bonchev–Trinajstić information content (AvgIpc) is 3.13. The molecule has 0 saturated heterocycles. The number of unbranched alkanes of at least 4 members (excludes halogenated alkanes) is 17. The Hall–Kier alpha value is -2.07. The van der Waals surface area contributed by atoms with Crippen LogP contribution in [0.25, 0.3) is 0 Å². The third-order valence-corrected chi connectivity index (χ3v) is 9.57. The molecule has 0 bridgehead atoms. The number of carboxylic acid groups (broad SMARTS) is 1. The lowest BCUT2D eigenvalue weighted by Crippen LogP contribution is -2.34. The van der Waals surface area contributed by atoms with Crippen LogP contribution in [0.3, 0.4) is 0 Å². The number of phosphoric acid groups is 1. The van der Waals surface area contributed by atoms with Crippen LogP contribution in [0.5, 0.6) is 0 Å². The number of esters is 1. The Morgan fingerprint density at radius 3 is 1.64 bits per heavy atom. The summed E-state index contributed by atoms with van der Waals surface area (Å²) in [5, 5.41) is 8.87. The van der Waals surface area contributed by atoms with Crippen molar-refractivity contribution >= 4 is 19.8 Å². The van der Waals surface area contributed by atoms with Gasteiger partial charge >= 0.3 is 19.8 Å². The number of hydrogen-bond donors (Lipinski definition) is 3. The summed E-state index contributed by atoms with van der Waals surface area (Å²) in [6, 6.07) is -1.47. The summed E-state index contributed by atoms with van der Waals surface area (Å²) in [6.45, 7) is 3.72. The number of carboxylic acids is 1. The van der Waals surface area contributed by atoms with Gasteiger partial charge in [-0.2, -0.15) is 0 Å². The number of nitrogens with two attached hydrogens (primary N) is 1. The van der Waals surface area contributed by atoms with Gasteiger partial charge in [-0.25, -0.2) is 4.57 Å². The molecular formula is C42H76NO9P. The highest BCUT2D eigenvalue weighted by Crippen LogP contribution is 2.43. The number of carbonyl (C=O) groups is 2. The highest BCUT2D eigenvalue weighted by Gasteiger charge is 2.27. The smallest absolute Gasteiger partial charge is 0.472 e. The highest BCUT2D eigenvalue weighted by atomic mass is 31.2. The van der Waals surface area contributed by atoms with Gasteiger partial charge in [-0.1, -0.05) is 159 Å². The molecule has 0 aromatic carbocycles. The van der Waals surface area contributed by atoms with Crippen molar-refractivity contribution in [2.45, 2.75) is 180 Å². The van der Waals surface area contributed by atoms with Gasteiger partial charge in [-0.05, 0) is 51.4 Å². The quantitative estimate of drug-likeness (QED) is 0.0238. The van der Waals surface area contributed by atoms with E-state index in [2.05, 4.69) is 62.5 Å². The van der Waals surface area contributed by atoms with Crippen LogP contribution in [0.1, 0.15) is 168 Å². The van der Waals surface area contributed by atoms with Crippen LogP contribution in [0, 0.1) is 0 Å². The molecule has 0 radical (unpaired) electrons. The molecule has 53 heavy (non-hydrogen) atoms. The largest absolute Gasteiger partial charge is 0.480 e. The third-order valence-electron chi connectivity index (χ3n) is 8.62. The Kier molecular flexibility index (Phi) is 36.7. The van der Waals surface area contributed by atoms with E-state index in [0.717, 1.165) is 70.6 Å². The van der Waals surface area contributed by atoms with Crippen LogP contribution in [-0.4, -0.2) is 60.5 Å². The van der Waals surface area contributed by atoms with E-state index in [-0.39, 0.29) is 13.0 Å². The summed E-state index contributed by atoms with van der Waals surface area (Å²) < 4.78 is 33.2. The molecular weight excluding hydrogens is 693 g/mol. The fraction of sp³-hybridized carbons (Fsp3) is 0.762. The Balaban J connectivity index is 4.15. The van der Waals surface area contributed by atoms with E-state index >= 15 is 0 Å². The van der Waals surface area contributed by atoms with Gasteiger partial charge in [0, 0.05) is 13.0 Å². The zero-order chi connectivity index (χ0) is 39.1. The number of carbonyl (C=O) groups excluding carboxylic acids is 1. The van der Waals surface area contributed by atoms with E-state index in [1.165, 1.54) is 70.6 Å². The van der Waals surface area contributed by atoms with Crippen LogP contribution in [0.2, 0.25) is 0 Å². The number of phosphoric ester groups is 1. The van der Waals surface area contributed by atoms with Crippen molar-refractivity contribution < 1.29 is 42.7 Å². The van der Waals surface area contributed by atoms with Crippen molar-refractivity contribution in [1.29, 1.82) is 0 Å². The van der Waals surface area contributed by atoms with E-state index in [0.29, 0.717) is 13.0 Å². The Labute approximate surface area is 322 Å². The molecule has 0 fully saturated rings. The fourth-order valence-corrected chi connectivity index (χ4v) is 6.20. The second-order valence-corrected chi connectivity index (χ2v) is 15.2. The minimum Gasteiger partial charge on any atom is -0.480 e. The second-order valence-electron chi connectivity index (χ2n) is 13.7. The van der Waals surface area contributed by atoms with Gasteiger partial charge in [0.05, 0.1) is 19.8 Å². The monoisotopic (exact) mass is 770 g/mol. The first kappa shape index (κ1) is 50.9. The van der Waals surface area contributed by atoms with Crippen LogP contribution < -0.4 is 5.73 Å². The van der Waals surface area contributed by atoms with Crippen molar-refractivity contribution in [3.63, 3.8) is 0 Å². The summed E-state index contributed by atoms with van der Waals surface area (Å²) in [6.07, 6.45) is 43.2. The van der Waals surface area contributed by atoms with E-state index in [9.17, 15) is 19.0 Å². The van der Waals surface area contributed by atoms with E-state index in [4.69, 9.17) is 29.4 Å². The van der Waals surface area contributed by atoms with E-state index in [1.54, 1.807) is 0 Å². The summed E-state index contributed by atoms with van der Waals surface area (Å²) in [5.41, 5.74) is 5.34. The van der Waals surface area contributed by atoms with Gasteiger partial charge in [-0.15, -0.1) is 0 Å². The van der Waals surface area contributed by atoms with Gasteiger partial charge < -0.3 is 25.2 Å². The lowest BCUT2D eigenvalue weighted by Gasteiger charge is -2.20. The molecule has 0 rings (SSSR count). The first-order valence-corrected chi connectivity index (χ1v) is 22.2. The van der Waals surface area contributed by atoms with Crippen LogP contribution in [-0.2, 0) is 32.7 Å². The summed E-state index contributed by atoms with van der Waals surface area (Å²) in [4.78, 5) is 33.4. The normalized spacial score (nSPS) is 14.5. The lowest BCUT2D eigenvalue weighted by atomic mass is 10.1. The summed E-state index contributed by atoms with van der Waals surface area (Å²) in [5.74, 6) is -1.78. The van der Waals surface area contributed by atoms with E-state index < -0.39 is 45.1 Å². The van der Waals surface area contributed by atoms with Crippen molar-refractivity contribution in [2.75, 3.05) is 26.4 Å². The lowest BCUT2D eigenvalue weighted by molar-refractivity contribution is -0.154. The average molecular weight is 770 g/mol. The van der Waals surface area contributed by atoms with Gasteiger partial charge in [0.1, 0.15) is 12.1 Å². The van der Waals surface area contributed by atoms with Gasteiger partial charge in [0.15, 0.2) is 0 Å². The maximum Gasteiger partial charge on any atom is 0.472 e. The molecule has 0 heterocycles. The predicted octanol–water partition coefficient (Wildman–Crippen LogP) is 11.1. The molecule has 4 N–H and O–H groups in total. The maximum absolute atomic E-state index is 12.5. The standard InChI is InChI=1S/C42H76NO9P/c1-3-5-7-9-11-13-14-15-16-17-18-19-20-21-22-23-24-25-27-29-31-33-35-49-36-39(37-50-53(47,48)51-38-40(43)42(45)46)52-41(44)34-32-30-28-26-12-10-8-6-4-2/h5,7,11,13,15-16,18-19,39-40H,3-4,6,8-10,12,14,17,20-38,43H2,1-2H3,(H,45,46)(H,47,48)/b7-5-,13-11-,16-15-,19-18-. The van der Waals surface area contributed by atoms with Crippen molar-refractivity contribution in [3.05, 3.63) is 48.6 Å². The maximum atomic E-state index is 12.5. The zero-order valence-electron chi connectivity index (χ0n) is 33.3. The van der Waals surface area contributed by atoms with Gasteiger partial charge in [0.2, 0.25) is 0 Å². The zero-order valence-corrected chi connectivity index (χ0v) is 34.2. The predicted molar refractivity (Wildman–Crippen MR) is 217 cm³/mol. The van der Waals surface area contributed by atoms with Gasteiger partial charge in [-0.3, -0.25) is 18.6 Å². The van der Waals surface area contributed by atoms with Crippen molar-refractivity contribution in [1.82, 2.24) is 0 Å². The molecule has 0 aromatic rings. The van der Waals surface area contributed by atoms with E-state index in [1.807, 2.05) is 0 Å². The highest BCUT2D eigenvalue weighted by molar-refractivity contribution is 7.47. The SMILES string of the molecule is CC/C=C\C/C=C\C/C=C\C/C=C\CCCCCCCCCCCOCC(COP(=O)(O)OCC(N)C(=O)O)OC(=O)CCCCCCCCCCC. The molecule has 0 aliphatic heterocycles. The molecule has 0 aliphatic carbocycles. The molecule has 3 atom stereocenters. The second kappa shape index (κ2) is 38.2. The van der Waals surface area contributed by atoms with Crippen LogP contribution in [0.4, 0.5) is 0 Å². The molecule has 11 heteroatoms. The number of aliphatic carboxylic acids is 1. The molecule has 3 unspecified atom stereocenters. The number of ether oxygens (including phenoxy) is 2. The fourth-order valence-electron chi connectivity index (χ4n) is 5.42. The minimum absolute atomic E-state index is 0.0129. The third kappa shape index (κ3) is 38.0. The molecule has 0 aromatic heterocycles. The Morgan fingerprint density at radius 2 is 1.09 bits per heavy atom. The van der Waals surface area contributed by atoms with Crippen LogP contribution in [0.15, 0.2) is 48.6 Å². The number of hydrogen-bond acceptors (Lipinski definition) is 8. The molecule has 308 valence electrons. The summed E-state index contributed by atoms with van der Waals surface area (Å²) in [7, 11) is -4.61. The molecule has 0 aliphatic rings. The first-order valence-electron chi connectivity index (χ1n) is 20.7. The number of allylic oxidation sites excluding steroid dienone is 8. The molecule has 0 amide bonds. The molecule has 0 saturated carbocycles. The summed E-state index contributed by atoms with van der Waals surface area (Å²) >= 11 is 0. The van der Waals surface area contributed by atoms with Crippen LogP contribution >= 0.6 is 7.82 Å².